The first-order valence-corrected chi connectivity index (χ1v) is 6.49. The van der Waals surface area contributed by atoms with E-state index in [2.05, 4.69) is 0 Å². The largest absolute Gasteiger partial charge is 0.448 e. The van der Waals surface area contributed by atoms with E-state index in [1.54, 1.807) is 12.1 Å². The van der Waals surface area contributed by atoms with E-state index >= 15 is 0 Å². The van der Waals surface area contributed by atoms with Crippen LogP contribution in [0.25, 0.3) is 0 Å². The molecule has 0 aliphatic carbocycles. The lowest BCUT2D eigenvalue weighted by Gasteiger charge is -2.17. The van der Waals surface area contributed by atoms with Gasteiger partial charge in [0.05, 0.1) is 13.2 Å². The van der Waals surface area contributed by atoms with E-state index in [1.807, 2.05) is 18.2 Å². The average Bonchev–Trinajstić information content (AvgIpc) is 2.96. The van der Waals surface area contributed by atoms with E-state index < -0.39 is 6.10 Å². The highest BCUT2D eigenvalue weighted by molar-refractivity contribution is 7.79. The number of fused-ring (bicyclic) bond motifs is 1. The van der Waals surface area contributed by atoms with Crippen molar-refractivity contribution in [1.82, 2.24) is 0 Å². The number of thiocarbonyl (C=S) groups is 1. The number of para-hydroxylation sites is 1. The molecule has 0 spiro atoms. The monoisotopic (exact) mass is 282 g/mol. The molecule has 2 aliphatic rings. The summed E-state index contributed by atoms with van der Waals surface area (Å²) in [4.78, 5) is 0. The molecule has 0 amide bonds. The first-order valence-electron chi connectivity index (χ1n) is 6.09. The Bertz CT molecular complexity index is 452. The summed E-state index contributed by atoms with van der Waals surface area (Å²) >= 11 is 5.04. The zero-order valence-corrected chi connectivity index (χ0v) is 10.9. The minimum absolute atomic E-state index is 0.0328. The molecule has 2 saturated heterocycles. The van der Waals surface area contributed by atoms with Crippen molar-refractivity contribution in [3.8, 4) is 5.75 Å². The van der Waals surface area contributed by atoms with Gasteiger partial charge >= 0.3 is 5.24 Å². The van der Waals surface area contributed by atoms with Crippen molar-refractivity contribution in [2.45, 2.75) is 24.4 Å². The highest BCUT2D eigenvalue weighted by Crippen LogP contribution is 2.29. The van der Waals surface area contributed by atoms with Gasteiger partial charge in [-0.1, -0.05) is 18.2 Å². The van der Waals surface area contributed by atoms with Gasteiger partial charge in [-0.3, -0.25) is 0 Å². The van der Waals surface area contributed by atoms with E-state index in [4.69, 9.17) is 31.2 Å². The molecule has 0 bridgehead atoms. The number of aliphatic hydroxyl groups is 1. The van der Waals surface area contributed by atoms with Crippen LogP contribution in [-0.4, -0.2) is 48.0 Å². The van der Waals surface area contributed by atoms with Crippen molar-refractivity contribution in [3.05, 3.63) is 30.3 Å². The average molecular weight is 282 g/mol. The van der Waals surface area contributed by atoms with Crippen molar-refractivity contribution in [2.24, 2.45) is 0 Å². The maximum absolute atomic E-state index is 9.62. The van der Waals surface area contributed by atoms with Gasteiger partial charge in [0.1, 0.15) is 24.1 Å². The molecule has 2 heterocycles. The molecular weight excluding hydrogens is 268 g/mol. The minimum Gasteiger partial charge on any atom is -0.448 e. The summed E-state index contributed by atoms with van der Waals surface area (Å²) < 4.78 is 21.8. The second-order valence-electron chi connectivity index (χ2n) is 4.48. The molecule has 4 atom stereocenters. The smallest absolute Gasteiger partial charge is 0.358 e. The van der Waals surface area contributed by atoms with E-state index in [1.165, 1.54) is 0 Å². The first-order chi connectivity index (χ1) is 9.24. The molecule has 6 heteroatoms. The maximum atomic E-state index is 9.62. The van der Waals surface area contributed by atoms with Crippen LogP contribution in [-0.2, 0) is 14.2 Å². The highest BCUT2D eigenvalue weighted by atomic mass is 32.1. The van der Waals surface area contributed by atoms with Crippen molar-refractivity contribution < 1.29 is 24.1 Å². The number of aliphatic hydroxyl groups excluding tert-OH is 1. The van der Waals surface area contributed by atoms with Gasteiger partial charge < -0.3 is 24.1 Å². The van der Waals surface area contributed by atoms with Crippen LogP contribution < -0.4 is 4.74 Å². The summed E-state index contributed by atoms with van der Waals surface area (Å²) in [6, 6.07) is 9.17. The van der Waals surface area contributed by atoms with Crippen LogP contribution >= 0.6 is 12.2 Å². The van der Waals surface area contributed by atoms with E-state index in [0.717, 1.165) is 0 Å². The lowest BCUT2D eigenvalue weighted by Crippen LogP contribution is -2.34. The number of ether oxygens (including phenoxy) is 4. The molecule has 0 aromatic heterocycles. The summed E-state index contributed by atoms with van der Waals surface area (Å²) in [5.74, 6) is 0.621. The molecule has 0 saturated carbocycles. The van der Waals surface area contributed by atoms with Gasteiger partial charge in [0.2, 0.25) is 0 Å². The summed E-state index contributed by atoms with van der Waals surface area (Å²) in [5, 5.41) is 9.65. The van der Waals surface area contributed by atoms with E-state index in [9.17, 15) is 5.11 Å². The number of rotatable bonds is 2. The topological polar surface area (TPSA) is 57.2 Å². The third kappa shape index (κ3) is 2.71. The molecule has 0 radical (unpaired) electrons. The minimum atomic E-state index is -0.595. The second kappa shape index (κ2) is 5.42. The predicted octanol–water partition coefficient (Wildman–Crippen LogP) is 0.894. The lowest BCUT2D eigenvalue weighted by molar-refractivity contribution is 0.00199. The lowest BCUT2D eigenvalue weighted by atomic mass is 10.1. The fourth-order valence-electron chi connectivity index (χ4n) is 2.28. The van der Waals surface area contributed by atoms with Gasteiger partial charge in [0, 0.05) is 12.2 Å². The molecule has 102 valence electrons. The Hall–Kier alpha value is -1.21. The van der Waals surface area contributed by atoms with Gasteiger partial charge in [0.15, 0.2) is 6.10 Å². The quantitative estimate of drug-likeness (QED) is 0.813. The molecular formula is C13H14O5S. The van der Waals surface area contributed by atoms with Crippen LogP contribution in [0.3, 0.4) is 0 Å². The van der Waals surface area contributed by atoms with Crippen molar-refractivity contribution >= 4 is 17.5 Å². The molecule has 19 heavy (non-hydrogen) atoms. The van der Waals surface area contributed by atoms with E-state index in [0.29, 0.717) is 12.4 Å². The second-order valence-corrected chi connectivity index (χ2v) is 4.82. The van der Waals surface area contributed by atoms with Crippen LogP contribution in [0.1, 0.15) is 0 Å². The van der Waals surface area contributed by atoms with Gasteiger partial charge in [-0.05, 0) is 12.1 Å². The van der Waals surface area contributed by atoms with Gasteiger partial charge in [0.25, 0.3) is 0 Å². The van der Waals surface area contributed by atoms with Crippen molar-refractivity contribution in [3.63, 3.8) is 0 Å². The number of benzene rings is 1. The van der Waals surface area contributed by atoms with Gasteiger partial charge in [-0.25, -0.2) is 0 Å². The zero-order valence-electron chi connectivity index (χ0n) is 10.1. The van der Waals surface area contributed by atoms with Crippen LogP contribution in [0.15, 0.2) is 30.3 Å². The van der Waals surface area contributed by atoms with Gasteiger partial charge in [-0.15, -0.1) is 0 Å². The summed E-state index contributed by atoms with van der Waals surface area (Å²) in [6.45, 7) is 0.603. The maximum Gasteiger partial charge on any atom is 0.358 e. The van der Waals surface area contributed by atoms with Crippen LogP contribution in [0.2, 0.25) is 0 Å². The molecule has 2 aliphatic heterocycles. The number of hydrogen-bond donors (Lipinski definition) is 1. The SMILES string of the molecule is O[C@@H]1CO[C@H]2[C@@H]1OC[C@@H]2OC(=S)Oc1ccccc1. The summed E-state index contributed by atoms with van der Waals surface area (Å²) in [5.41, 5.74) is 0. The highest BCUT2D eigenvalue weighted by Gasteiger charge is 2.48. The fourth-order valence-corrected chi connectivity index (χ4v) is 2.50. The molecule has 0 unspecified atom stereocenters. The van der Waals surface area contributed by atoms with E-state index in [-0.39, 0.29) is 30.2 Å². The van der Waals surface area contributed by atoms with Crippen LogP contribution in [0.5, 0.6) is 5.75 Å². The van der Waals surface area contributed by atoms with Crippen molar-refractivity contribution in [1.29, 1.82) is 0 Å². The third-order valence-electron chi connectivity index (χ3n) is 3.17. The summed E-state index contributed by atoms with van der Waals surface area (Å²) in [6.07, 6.45) is -1.54. The first kappa shape index (κ1) is 12.8. The molecule has 5 nitrogen and oxygen atoms in total. The Morgan fingerprint density at radius 3 is 2.68 bits per heavy atom. The Labute approximate surface area is 116 Å². The van der Waals surface area contributed by atoms with Gasteiger partial charge in [-0.2, -0.15) is 0 Å². The Morgan fingerprint density at radius 1 is 1.16 bits per heavy atom. The predicted molar refractivity (Wildman–Crippen MR) is 70.0 cm³/mol. The third-order valence-corrected chi connectivity index (χ3v) is 3.35. The Balaban J connectivity index is 1.56. The van der Waals surface area contributed by atoms with Crippen LogP contribution in [0.4, 0.5) is 0 Å². The zero-order chi connectivity index (χ0) is 13.2. The standard InChI is InChI=1S/C13H14O5S/c14-9-6-15-12-10(7-16-11(9)12)18-13(19)17-8-4-2-1-3-5-8/h1-5,9-12,14H,6-7H2/t9-,10+,11-,12-/m1/s1. The Kier molecular flexibility index (Phi) is 3.65. The molecule has 1 N–H and O–H groups in total. The molecule has 3 rings (SSSR count). The van der Waals surface area contributed by atoms with Crippen LogP contribution in [0, 0.1) is 0 Å². The normalized spacial score (nSPS) is 32.9. The fraction of sp³-hybridized carbons (Fsp3) is 0.462. The Morgan fingerprint density at radius 2 is 1.89 bits per heavy atom. The molecule has 2 fully saturated rings. The summed E-state index contributed by atoms with van der Waals surface area (Å²) in [7, 11) is 0. The molecule has 1 aromatic rings. The molecule has 1 aromatic carbocycles. The van der Waals surface area contributed by atoms with Crippen molar-refractivity contribution in [2.75, 3.05) is 13.2 Å². The number of hydrogen-bond acceptors (Lipinski definition) is 6.